The number of urea groups is 1. The van der Waals surface area contributed by atoms with Gasteiger partial charge in [0.1, 0.15) is 0 Å². The first-order valence-electron chi connectivity index (χ1n) is 8.30. The zero-order valence-electron chi connectivity index (χ0n) is 15.0. The van der Waals surface area contributed by atoms with Crippen LogP contribution in [-0.4, -0.2) is 34.4 Å². The number of thioether (sulfide) groups is 1. The Labute approximate surface area is 161 Å². The predicted octanol–water partition coefficient (Wildman–Crippen LogP) is 3.55. The topological polar surface area (TPSA) is 96.0 Å². The summed E-state index contributed by atoms with van der Waals surface area (Å²) in [6.07, 6.45) is 0.873. The molecule has 3 N–H and O–H groups in total. The lowest BCUT2D eigenvalue weighted by atomic mass is 10.1. The third-order valence-corrected chi connectivity index (χ3v) is 5.23. The van der Waals surface area contributed by atoms with E-state index in [0.29, 0.717) is 21.9 Å². The van der Waals surface area contributed by atoms with Gasteiger partial charge in [0.25, 0.3) is 0 Å². The Morgan fingerprint density at radius 1 is 1.27 bits per heavy atom. The van der Waals surface area contributed by atoms with Gasteiger partial charge >= 0.3 is 6.03 Å². The van der Waals surface area contributed by atoms with E-state index < -0.39 is 6.03 Å². The van der Waals surface area contributed by atoms with Gasteiger partial charge in [0, 0.05) is 12.2 Å². The molecule has 0 unspecified atom stereocenters. The highest BCUT2D eigenvalue weighted by Crippen LogP contribution is 2.27. The van der Waals surface area contributed by atoms with E-state index in [0.717, 1.165) is 17.7 Å². The molecule has 1 aromatic carbocycles. The number of benzene rings is 1. The maximum Gasteiger partial charge on any atom is 0.321 e. The lowest BCUT2D eigenvalue weighted by Gasteiger charge is -2.07. The summed E-state index contributed by atoms with van der Waals surface area (Å²) in [6.45, 7) is 6.72. The molecule has 3 amide bonds. The van der Waals surface area contributed by atoms with E-state index in [1.165, 1.54) is 23.1 Å². The van der Waals surface area contributed by atoms with Crippen LogP contribution in [0.5, 0.6) is 0 Å². The van der Waals surface area contributed by atoms with Crippen LogP contribution in [0.25, 0.3) is 0 Å². The van der Waals surface area contributed by atoms with Crippen molar-refractivity contribution in [2.75, 3.05) is 17.6 Å². The van der Waals surface area contributed by atoms with Gasteiger partial charge in [-0.2, -0.15) is 0 Å². The number of hydrogen-bond donors (Lipinski definition) is 3. The molecule has 0 saturated carbocycles. The molecular weight excluding hydrogens is 370 g/mol. The predicted molar refractivity (Wildman–Crippen MR) is 106 cm³/mol. The number of nitrogens with one attached hydrogen (secondary N) is 3. The van der Waals surface area contributed by atoms with Crippen LogP contribution < -0.4 is 16.0 Å². The Bertz CT molecular complexity index is 748. The fraction of sp³-hybridized carbons (Fsp3) is 0.412. The van der Waals surface area contributed by atoms with Crippen LogP contribution >= 0.6 is 23.1 Å². The SMILES string of the molecule is Cc1cccc(Nc2nnc(SCC(=O)NC(=O)NCCC(C)C)s2)c1. The number of rotatable bonds is 8. The second-order valence-electron chi connectivity index (χ2n) is 6.14. The number of aromatic nitrogens is 2. The zero-order chi connectivity index (χ0) is 18.9. The van der Waals surface area contributed by atoms with E-state index >= 15 is 0 Å². The third-order valence-electron chi connectivity index (χ3n) is 3.26. The molecule has 0 radical (unpaired) electrons. The maximum atomic E-state index is 11.8. The zero-order valence-corrected chi connectivity index (χ0v) is 16.7. The van der Waals surface area contributed by atoms with Crippen LogP contribution in [0.2, 0.25) is 0 Å². The molecule has 0 aliphatic heterocycles. The van der Waals surface area contributed by atoms with Crippen molar-refractivity contribution in [3.8, 4) is 0 Å². The van der Waals surface area contributed by atoms with Crippen LogP contribution in [0.15, 0.2) is 28.6 Å². The number of aryl methyl sites for hydroxylation is 1. The molecule has 140 valence electrons. The average Bonchev–Trinajstić information content (AvgIpc) is 3.00. The molecule has 0 saturated heterocycles. The normalized spacial score (nSPS) is 10.6. The van der Waals surface area contributed by atoms with E-state index in [4.69, 9.17) is 0 Å². The molecule has 0 bridgehead atoms. The second kappa shape index (κ2) is 10.1. The number of nitrogens with zero attached hydrogens (tertiary/aromatic N) is 2. The second-order valence-corrected chi connectivity index (χ2v) is 8.34. The van der Waals surface area contributed by atoms with E-state index in [2.05, 4.69) is 40.0 Å². The molecule has 26 heavy (non-hydrogen) atoms. The van der Waals surface area contributed by atoms with Gasteiger partial charge in [-0.25, -0.2) is 4.79 Å². The number of carbonyl (C=O) groups is 2. The van der Waals surface area contributed by atoms with Crippen LogP contribution in [0, 0.1) is 12.8 Å². The highest BCUT2D eigenvalue weighted by Gasteiger charge is 2.11. The molecule has 7 nitrogen and oxygen atoms in total. The summed E-state index contributed by atoms with van der Waals surface area (Å²) >= 11 is 2.61. The van der Waals surface area contributed by atoms with Gasteiger partial charge < -0.3 is 10.6 Å². The van der Waals surface area contributed by atoms with Gasteiger partial charge in [0.15, 0.2) is 4.34 Å². The van der Waals surface area contributed by atoms with Crippen LogP contribution in [0.1, 0.15) is 25.8 Å². The van der Waals surface area contributed by atoms with E-state index in [1.54, 1.807) is 0 Å². The van der Waals surface area contributed by atoms with Gasteiger partial charge in [-0.1, -0.05) is 49.1 Å². The Morgan fingerprint density at radius 2 is 2.08 bits per heavy atom. The maximum absolute atomic E-state index is 11.8. The van der Waals surface area contributed by atoms with Crippen molar-refractivity contribution in [1.82, 2.24) is 20.8 Å². The standard InChI is InChI=1S/C17H23N5O2S2/c1-11(2)7-8-18-15(24)20-14(23)10-25-17-22-21-16(26-17)19-13-6-4-5-12(3)9-13/h4-6,9,11H,7-8,10H2,1-3H3,(H,19,21)(H2,18,20,23,24). The Hall–Kier alpha value is -2.13. The monoisotopic (exact) mass is 393 g/mol. The molecule has 2 aromatic rings. The molecule has 1 aromatic heterocycles. The van der Waals surface area contributed by atoms with Crippen LogP contribution in [0.3, 0.4) is 0 Å². The minimum Gasteiger partial charge on any atom is -0.338 e. The fourth-order valence-corrected chi connectivity index (χ4v) is 3.55. The van der Waals surface area contributed by atoms with E-state index in [9.17, 15) is 9.59 Å². The minimum atomic E-state index is -0.463. The summed E-state index contributed by atoms with van der Waals surface area (Å²) in [5, 5.41) is 16.9. The summed E-state index contributed by atoms with van der Waals surface area (Å²) in [6, 6.07) is 7.48. The minimum absolute atomic E-state index is 0.108. The lowest BCUT2D eigenvalue weighted by molar-refractivity contribution is -0.117. The molecule has 0 aliphatic rings. The number of carbonyl (C=O) groups excluding carboxylic acids is 2. The van der Waals surface area contributed by atoms with Gasteiger partial charge in [-0.05, 0) is 37.0 Å². The van der Waals surface area contributed by atoms with Crippen molar-refractivity contribution in [1.29, 1.82) is 0 Å². The number of amides is 3. The first-order valence-corrected chi connectivity index (χ1v) is 10.1. The van der Waals surface area contributed by atoms with Crippen molar-refractivity contribution >= 4 is 45.9 Å². The number of anilines is 2. The first-order chi connectivity index (χ1) is 12.4. The molecular formula is C17H23N5O2S2. The summed E-state index contributed by atoms with van der Waals surface area (Å²) < 4.78 is 0.663. The Balaban J connectivity index is 1.73. The average molecular weight is 394 g/mol. The van der Waals surface area contributed by atoms with Crippen molar-refractivity contribution in [3.63, 3.8) is 0 Å². The van der Waals surface area contributed by atoms with Crippen molar-refractivity contribution in [2.24, 2.45) is 5.92 Å². The van der Waals surface area contributed by atoms with Crippen LogP contribution in [-0.2, 0) is 4.79 Å². The van der Waals surface area contributed by atoms with E-state index in [-0.39, 0.29) is 11.7 Å². The molecule has 1 heterocycles. The highest BCUT2D eigenvalue weighted by molar-refractivity contribution is 8.01. The summed E-state index contributed by atoms with van der Waals surface area (Å²) in [4.78, 5) is 23.4. The fourth-order valence-electron chi connectivity index (χ4n) is 1.97. The van der Waals surface area contributed by atoms with Crippen molar-refractivity contribution in [2.45, 2.75) is 31.5 Å². The summed E-state index contributed by atoms with van der Waals surface area (Å²) in [5.41, 5.74) is 2.09. The summed E-state index contributed by atoms with van der Waals surface area (Å²) in [5.74, 6) is 0.249. The molecule has 0 aliphatic carbocycles. The Morgan fingerprint density at radius 3 is 2.81 bits per heavy atom. The van der Waals surface area contributed by atoms with Crippen molar-refractivity contribution in [3.05, 3.63) is 29.8 Å². The van der Waals surface area contributed by atoms with Gasteiger partial charge in [0.2, 0.25) is 11.0 Å². The highest BCUT2D eigenvalue weighted by atomic mass is 32.2. The molecule has 0 spiro atoms. The molecule has 9 heteroatoms. The first kappa shape index (κ1) is 20.2. The third kappa shape index (κ3) is 7.40. The molecule has 2 rings (SSSR count). The van der Waals surface area contributed by atoms with Crippen LogP contribution in [0.4, 0.5) is 15.6 Å². The summed E-state index contributed by atoms with van der Waals surface area (Å²) in [7, 11) is 0. The quantitative estimate of drug-likeness (QED) is 0.594. The van der Waals surface area contributed by atoms with E-state index in [1.807, 2.05) is 31.2 Å². The lowest BCUT2D eigenvalue weighted by Crippen LogP contribution is -2.40. The van der Waals surface area contributed by atoms with Gasteiger partial charge in [-0.3, -0.25) is 10.1 Å². The Kier molecular flexibility index (Phi) is 7.86. The number of imide groups is 1. The molecule has 0 fully saturated rings. The molecule has 0 atom stereocenters. The number of hydrogen-bond acceptors (Lipinski definition) is 7. The van der Waals surface area contributed by atoms with Crippen molar-refractivity contribution < 1.29 is 9.59 Å². The largest absolute Gasteiger partial charge is 0.338 e. The van der Waals surface area contributed by atoms with Gasteiger partial charge in [-0.15, -0.1) is 10.2 Å². The smallest absolute Gasteiger partial charge is 0.321 e. The van der Waals surface area contributed by atoms with Gasteiger partial charge in [0.05, 0.1) is 5.75 Å².